The number of amides is 1. The molecule has 0 spiro atoms. The Morgan fingerprint density at radius 2 is 1.72 bits per heavy atom. The fourth-order valence-corrected chi connectivity index (χ4v) is 4.78. The van der Waals surface area contributed by atoms with Gasteiger partial charge in [0.15, 0.2) is 0 Å². The molecule has 6 heteroatoms. The number of benzene rings is 2. The highest BCUT2D eigenvalue weighted by atomic mass is 32.2. The van der Waals surface area contributed by atoms with Gasteiger partial charge < -0.3 is 4.90 Å². The molecule has 1 amide bonds. The minimum Gasteiger partial charge on any atom is -0.337 e. The summed E-state index contributed by atoms with van der Waals surface area (Å²) in [6, 6.07) is 17.9. The molecule has 2 aromatic rings. The van der Waals surface area contributed by atoms with E-state index in [4.69, 9.17) is 0 Å². The lowest BCUT2D eigenvalue weighted by Gasteiger charge is -2.33. The number of nitrogens with one attached hydrogen (secondary N) is 1. The smallest absolute Gasteiger partial charge is 0.228 e. The molecule has 2 aromatic carbocycles. The molecule has 156 valence electrons. The van der Waals surface area contributed by atoms with Crippen LogP contribution < -0.4 is 4.72 Å². The molecule has 1 saturated heterocycles. The Bertz CT molecular complexity index is 965. The molecular weight excluding hydrogens is 384 g/mol. The van der Waals surface area contributed by atoms with Crippen molar-refractivity contribution in [2.75, 3.05) is 12.8 Å². The Kier molecular flexibility index (Phi) is 6.15. The molecule has 0 unspecified atom stereocenters. The maximum Gasteiger partial charge on any atom is 0.228 e. The van der Waals surface area contributed by atoms with Crippen LogP contribution in [0.4, 0.5) is 0 Å². The SMILES string of the molecule is CC(C)(C)C(=O)N1CC[C@@H](NS(C)(=O)=O)[C@H]1Cc1cccc(-c2ccccc2)c1. The van der Waals surface area contributed by atoms with Gasteiger partial charge >= 0.3 is 0 Å². The van der Waals surface area contributed by atoms with Crippen molar-refractivity contribution in [1.29, 1.82) is 0 Å². The summed E-state index contributed by atoms with van der Waals surface area (Å²) in [7, 11) is -3.36. The van der Waals surface area contributed by atoms with E-state index < -0.39 is 15.4 Å². The molecule has 0 bridgehead atoms. The number of carbonyl (C=O) groups excluding carboxylic acids is 1. The first kappa shape index (κ1) is 21.5. The fraction of sp³-hybridized carbons (Fsp3) is 0.435. The van der Waals surface area contributed by atoms with Gasteiger partial charge in [-0.1, -0.05) is 75.4 Å². The zero-order chi connectivity index (χ0) is 21.2. The van der Waals surface area contributed by atoms with E-state index >= 15 is 0 Å². The third-order valence-corrected chi connectivity index (χ3v) is 6.02. The van der Waals surface area contributed by atoms with Crippen molar-refractivity contribution in [3.8, 4) is 11.1 Å². The van der Waals surface area contributed by atoms with Crippen LogP contribution in [0.3, 0.4) is 0 Å². The van der Waals surface area contributed by atoms with Gasteiger partial charge in [0.25, 0.3) is 0 Å². The van der Waals surface area contributed by atoms with Crippen LogP contribution in [0.25, 0.3) is 11.1 Å². The van der Waals surface area contributed by atoms with Gasteiger partial charge in [-0.2, -0.15) is 0 Å². The quantitative estimate of drug-likeness (QED) is 0.815. The van der Waals surface area contributed by atoms with Gasteiger partial charge in [-0.3, -0.25) is 4.79 Å². The van der Waals surface area contributed by atoms with Crippen molar-refractivity contribution in [3.63, 3.8) is 0 Å². The van der Waals surface area contributed by atoms with Crippen LogP contribution in [0.5, 0.6) is 0 Å². The fourth-order valence-electron chi connectivity index (χ4n) is 3.95. The largest absolute Gasteiger partial charge is 0.337 e. The average molecular weight is 415 g/mol. The minimum atomic E-state index is -3.36. The molecule has 1 N–H and O–H groups in total. The van der Waals surface area contributed by atoms with Crippen molar-refractivity contribution in [2.45, 2.75) is 45.7 Å². The zero-order valence-electron chi connectivity index (χ0n) is 17.6. The predicted molar refractivity (Wildman–Crippen MR) is 117 cm³/mol. The van der Waals surface area contributed by atoms with E-state index in [0.29, 0.717) is 19.4 Å². The molecule has 0 aromatic heterocycles. The highest BCUT2D eigenvalue weighted by Gasteiger charge is 2.41. The Morgan fingerprint density at radius 3 is 2.34 bits per heavy atom. The number of rotatable bonds is 5. The van der Waals surface area contributed by atoms with Crippen LogP contribution in [0.15, 0.2) is 54.6 Å². The first-order valence-corrected chi connectivity index (χ1v) is 11.9. The molecule has 29 heavy (non-hydrogen) atoms. The summed E-state index contributed by atoms with van der Waals surface area (Å²) >= 11 is 0. The van der Waals surface area contributed by atoms with Crippen LogP contribution in [0.2, 0.25) is 0 Å². The third-order valence-electron chi connectivity index (χ3n) is 5.29. The number of carbonyl (C=O) groups is 1. The zero-order valence-corrected chi connectivity index (χ0v) is 18.4. The summed E-state index contributed by atoms with van der Waals surface area (Å²) in [5.74, 6) is 0.0551. The second-order valence-corrected chi connectivity index (χ2v) is 10.7. The Morgan fingerprint density at radius 1 is 1.07 bits per heavy atom. The summed E-state index contributed by atoms with van der Waals surface area (Å²) < 4.78 is 26.5. The lowest BCUT2D eigenvalue weighted by atomic mass is 9.92. The maximum absolute atomic E-state index is 13.0. The van der Waals surface area contributed by atoms with Crippen molar-refractivity contribution in [2.24, 2.45) is 5.41 Å². The van der Waals surface area contributed by atoms with Crippen LogP contribution in [-0.4, -0.2) is 44.1 Å². The standard InChI is InChI=1S/C23H30N2O3S/c1-23(2,3)22(26)25-14-13-20(24-29(4,27)28)21(25)16-17-9-8-12-19(15-17)18-10-6-5-7-11-18/h5-12,15,20-21,24H,13-14,16H2,1-4H3/t20-,21-/m1/s1. The van der Waals surface area contributed by atoms with Crippen LogP contribution in [0.1, 0.15) is 32.8 Å². The second kappa shape index (κ2) is 8.28. The van der Waals surface area contributed by atoms with Gasteiger partial charge in [0.1, 0.15) is 0 Å². The number of nitrogens with zero attached hydrogens (tertiary/aromatic N) is 1. The lowest BCUT2D eigenvalue weighted by molar-refractivity contribution is -0.140. The number of hydrogen-bond donors (Lipinski definition) is 1. The summed E-state index contributed by atoms with van der Waals surface area (Å²) in [6.07, 6.45) is 2.40. The molecule has 0 aliphatic carbocycles. The first-order valence-electron chi connectivity index (χ1n) is 9.97. The van der Waals surface area contributed by atoms with Gasteiger partial charge in [-0.15, -0.1) is 0 Å². The van der Waals surface area contributed by atoms with Gasteiger partial charge in [0.05, 0.1) is 12.3 Å². The predicted octanol–water partition coefficient (Wildman–Crippen LogP) is 3.46. The van der Waals surface area contributed by atoms with Gasteiger partial charge in [0.2, 0.25) is 15.9 Å². The van der Waals surface area contributed by atoms with E-state index in [1.54, 1.807) is 0 Å². The summed E-state index contributed by atoms with van der Waals surface area (Å²) in [4.78, 5) is 14.9. The molecule has 1 aliphatic rings. The van der Waals surface area contributed by atoms with Crippen molar-refractivity contribution in [3.05, 3.63) is 60.2 Å². The van der Waals surface area contributed by atoms with Gasteiger partial charge in [0, 0.05) is 18.0 Å². The molecule has 1 fully saturated rings. The summed E-state index contributed by atoms with van der Waals surface area (Å²) in [6.45, 7) is 6.27. The second-order valence-electron chi connectivity index (χ2n) is 8.87. The normalized spacial score (nSPS) is 20.1. The number of hydrogen-bond acceptors (Lipinski definition) is 3. The van der Waals surface area contributed by atoms with Crippen LogP contribution >= 0.6 is 0 Å². The minimum absolute atomic E-state index is 0.0551. The molecular formula is C23H30N2O3S. The van der Waals surface area contributed by atoms with E-state index in [2.05, 4.69) is 29.0 Å². The summed E-state index contributed by atoms with van der Waals surface area (Å²) in [5, 5.41) is 0. The van der Waals surface area contributed by atoms with E-state index in [-0.39, 0.29) is 18.0 Å². The highest BCUT2D eigenvalue weighted by Crippen LogP contribution is 2.29. The molecule has 0 radical (unpaired) electrons. The first-order chi connectivity index (χ1) is 13.5. The summed E-state index contributed by atoms with van der Waals surface area (Å²) in [5.41, 5.74) is 2.83. The van der Waals surface area contributed by atoms with Crippen molar-refractivity contribution in [1.82, 2.24) is 9.62 Å². The Hall–Kier alpha value is -2.18. The Labute approximate surface area is 174 Å². The number of likely N-dealkylation sites (tertiary alicyclic amines) is 1. The maximum atomic E-state index is 13.0. The lowest BCUT2D eigenvalue weighted by Crippen LogP contribution is -2.50. The van der Waals surface area contributed by atoms with E-state index in [9.17, 15) is 13.2 Å². The monoisotopic (exact) mass is 414 g/mol. The Balaban J connectivity index is 1.90. The van der Waals surface area contributed by atoms with E-state index in [0.717, 1.165) is 16.7 Å². The van der Waals surface area contributed by atoms with Gasteiger partial charge in [-0.05, 0) is 29.5 Å². The van der Waals surface area contributed by atoms with Crippen LogP contribution in [0, 0.1) is 5.41 Å². The van der Waals surface area contributed by atoms with Crippen molar-refractivity contribution < 1.29 is 13.2 Å². The average Bonchev–Trinajstić information content (AvgIpc) is 3.01. The van der Waals surface area contributed by atoms with Gasteiger partial charge in [-0.25, -0.2) is 13.1 Å². The van der Waals surface area contributed by atoms with Crippen LogP contribution in [-0.2, 0) is 21.2 Å². The molecule has 1 aliphatic heterocycles. The molecule has 5 nitrogen and oxygen atoms in total. The molecule has 1 heterocycles. The molecule has 3 rings (SSSR count). The van der Waals surface area contributed by atoms with E-state index in [1.807, 2.05) is 56.0 Å². The van der Waals surface area contributed by atoms with E-state index in [1.165, 1.54) is 6.26 Å². The van der Waals surface area contributed by atoms with Crippen molar-refractivity contribution >= 4 is 15.9 Å². The highest BCUT2D eigenvalue weighted by molar-refractivity contribution is 7.88. The molecule has 0 saturated carbocycles. The topological polar surface area (TPSA) is 66.5 Å². The molecule has 2 atom stereocenters. The number of sulfonamides is 1. The third kappa shape index (κ3) is 5.46.